The summed E-state index contributed by atoms with van der Waals surface area (Å²) in [6.07, 6.45) is 1.45. The van der Waals surface area contributed by atoms with Gasteiger partial charge in [-0.15, -0.1) is 0 Å². The molecular formula is C14H16ClFN2O3. The highest BCUT2D eigenvalue weighted by Crippen LogP contribution is 2.28. The minimum absolute atomic E-state index is 0.0697. The molecule has 5 nitrogen and oxygen atoms in total. The third-order valence-electron chi connectivity index (χ3n) is 3.64. The number of carboxylic acids is 1. The first kappa shape index (κ1) is 15.6. The van der Waals surface area contributed by atoms with E-state index in [1.807, 2.05) is 0 Å². The van der Waals surface area contributed by atoms with Gasteiger partial charge in [0.1, 0.15) is 11.9 Å². The molecule has 0 saturated carbocycles. The van der Waals surface area contributed by atoms with Crippen LogP contribution in [0.25, 0.3) is 0 Å². The standard InChI is InChI=1S/C14H16ClFN2O3/c1-8-4-3-7-18(12(8)13(19)20)14(21)17-11-9(15)5-2-6-10(11)16/h2,5-6,8,12H,3-4,7H2,1H3,(H,17,21)(H,19,20). The zero-order valence-electron chi connectivity index (χ0n) is 11.5. The Balaban J connectivity index is 2.20. The molecular weight excluding hydrogens is 299 g/mol. The Morgan fingerprint density at radius 2 is 2.19 bits per heavy atom. The van der Waals surface area contributed by atoms with E-state index in [2.05, 4.69) is 5.32 Å². The maximum absolute atomic E-state index is 13.7. The van der Waals surface area contributed by atoms with Crippen molar-refractivity contribution in [2.24, 2.45) is 5.92 Å². The van der Waals surface area contributed by atoms with Gasteiger partial charge in [0, 0.05) is 6.54 Å². The number of nitrogens with one attached hydrogen (secondary N) is 1. The van der Waals surface area contributed by atoms with Crippen molar-refractivity contribution in [1.82, 2.24) is 4.90 Å². The largest absolute Gasteiger partial charge is 0.480 e. The van der Waals surface area contributed by atoms with Gasteiger partial charge in [0.15, 0.2) is 0 Å². The van der Waals surface area contributed by atoms with Crippen LogP contribution in [-0.2, 0) is 4.79 Å². The fourth-order valence-corrected chi connectivity index (χ4v) is 2.80. The zero-order valence-corrected chi connectivity index (χ0v) is 12.2. The zero-order chi connectivity index (χ0) is 15.6. The maximum Gasteiger partial charge on any atom is 0.326 e. The SMILES string of the molecule is CC1CCCN(C(=O)Nc2c(F)cccc2Cl)C1C(=O)O. The number of aliphatic carboxylic acids is 1. The van der Waals surface area contributed by atoms with Gasteiger partial charge in [-0.05, 0) is 30.9 Å². The molecule has 1 aromatic carbocycles. The van der Waals surface area contributed by atoms with Crippen molar-refractivity contribution in [3.05, 3.63) is 29.0 Å². The summed E-state index contributed by atoms with van der Waals surface area (Å²) >= 11 is 5.85. The molecule has 0 aromatic heterocycles. The molecule has 1 heterocycles. The van der Waals surface area contributed by atoms with Gasteiger partial charge in [0.05, 0.1) is 10.7 Å². The van der Waals surface area contributed by atoms with Gasteiger partial charge < -0.3 is 15.3 Å². The van der Waals surface area contributed by atoms with Crippen molar-refractivity contribution < 1.29 is 19.1 Å². The van der Waals surface area contributed by atoms with Crippen LogP contribution in [0.1, 0.15) is 19.8 Å². The van der Waals surface area contributed by atoms with Crippen LogP contribution in [-0.4, -0.2) is 34.6 Å². The number of rotatable bonds is 2. The van der Waals surface area contributed by atoms with Crippen molar-refractivity contribution in [3.8, 4) is 0 Å². The van der Waals surface area contributed by atoms with E-state index < -0.39 is 23.9 Å². The molecule has 0 spiro atoms. The number of anilines is 1. The van der Waals surface area contributed by atoms with Gasteiger partial charge in [0.25, 0.3) is 0 Å². The number of nitrogens with zero attached hydrogens (tertiary/aromatic N) is 1. The third kappa shape index (κ3) is 3.26. The van der Waals surface area contributed by atoms with E-state index in [0.717, 1.165) is 6.42 Å². The molecule has 0 bridgehead atoms. The van der Waals surface area contributed by atoms with Crippen molar-refractivity contribution in [2.75, 3.05) is 11.9 Å². The van der Waals surface area contributed by atoms with Crippen LogP contribution in [0.15, 0.2) is 18.2 Å². The minimum Gasteiger partial charge on any atom is -0.480 e. The van der Waals surface area contributed by atoms with Crippen LogP contribution in [0.4, 0.5) is 14.9 Å². The number of carboxylic acid groups (broad SMARTS) is 1. The van der Waals surface area contributed by atoms with Gasteiger partial charge in [-0.3, -0.25) is 0 Å². The number of carbonyl (C=O) groups excluding carboxylic acids is 1. The van der Waals surface area contributed by atoms with Crippen LogP contribution in [0.2, 0.25) is 5.02 Å². The molecule has 1 fully saturated rings. The summed E-state index contributed by atoms with van der Waals surface area (Å²) < 4.78 is 13.7. The fourth-order valence-electron chi connectivity index (χ4n) is 2.59. The van der Waals surface area contributed by atoms with Gasteiger partial charge in [-0.25, -0.2) is 14.0 Å². The smallest absolute Gasteiger partial charge is 0.326 e. The van der Waals surface area contributed by atoms with Crippen LogP contribution in [0.5, 0.6) is 0 Å². The molecule has 1 aliphatic rings. The molecule has 2 N–H and O–H groups in total. The van der Waals surface area contributed by atoms with E-state index >= 15 is 0 Å². The summed E-state index contributed by atoms with van der Waals surface area (Å²) in [5.41, 5.74) is -0.133. The maximum atomic E-state index is 13.7. The first-order valence-electron chi connectivity index (χ1n) is 6.66. The number of likely N-dealkylation sites (tertiary alicyclic amines) is 1. The van der Waals surface area contributed by atoms with Crippen molar-refractivity contribution in [3.63, 3.8) is 0 Å². The summed E-state index contributed by atoms with van der Waals surface area (Å²) in [6, 6.07) is 2.49. The molecule has 2 amide bonds. The molecule has 1 saturated heterocycles. The highest BCUT2D eigenvalue weighted by Gasteiger charge is 2.37. The third-order valence-corrected chi connectivity index (χ3v) is 3.96. The highest BCUT2D eigenvalue weighted by atomic mass is 35.5. The Morgan fingerprint density at radius 3 is 2.81 bits per heavy atom. The van der Waals surface area contributed by atoms with Crippen LogP contribution in [0, 0.1) is 11.7 Å². The molecule has 21 heavy (non-hydrogen) atoms. The van der Waals surface area contributed by atoms with Gasteiger partial charge >= 0.3 is 12.0 Å². The Kier molecular flexibility index (Phi) is 4.67. The number of piperidine rings is 1. The monoisotopic (exact) mass is 314 g/mol. The lowest BCUT2D eigenvalue weighted by Gasteiger charge is -2.37. The van der Waals surface area contributed by atoms with Gasteiger partial charge in [-0.2, -0.15) is 0 Å². The quantitative estimate of drug-likeness (QED) is 0.880. The van der Waals surface area contributed by atoms with E-state index in [9.17, 15) is 19.1 Å². The lowest BCUT2D eigenvalue weighted by molar-refractivity contribution is -0.145. The predicted octanol–water partition coefficient (Wildman–Crippen LogP) is 3.20. The number of amides is 2. The van der Waals surface area contributed by atoms with Crippen LogP contribution in [0.3, 0.4) is 0 Å². The van der Waals surface area contributed by atoms with E-state index in [4.69, 9.17) is 11.6 Å². The minimum atomic E-state index is -1.06. The summed E-state index contributed by atoms with van der Waals surface area (Å²) in [5, 5.41) is 11.7. The number of hydrogen-bond donors (Lipinski definition) is 2. The summed E-state index contributed by atoms with van der Waals surface area (Å²) in [7, 11) is 0. The summed E-state index contributed by atoms with van der Waals surface area (Å²) in [4.78, 5) is 24.8. The van der Waals surface area contributed by atoms with Gasteiger partial charge in [-0.1, -0.05) is 24.6 Å². The fraction of sp³-hybridized carbons (Fsp3) is 0.429. The molecule has 1 aliphatic heterocycles. The van der Waals surface area contributed by atoms with E-state index in [1.54, 1.807) is 6.92 Å². The Labute approximate surface area is 126 Å². The molecule has 2 rings (SSSR count). The summed E-state index contributed by atoms with van der Waals surface area (Å²) in [5.74, 6) is -1.87. The highest BCUT2D eigenvalue weighted by molar-refractivity contribution is 6.33. The average Bonchev–Trinajstić information content (AvgIpc) is 2.42. The van der Waals surface area contributed by atoms with E-state index in [0.29, 0.717) is 13.0 Å². The first-order chi connectivity index (χ1) is 9.91. The second-order valence-corrected chi connectivity index (χ2v) is 5.53. The number of para-hydroxylation sites is 1. The molecule has 114 valence electrons. The van der Waals surface area contributed by atoms with Gasteiger partial charge in [0.2, 0.25) is 0 Å². The van der Waals surface area contributed by atoms with E-state index in [-0.39, 0.29) is 16.6 Å². The lowest BCUT2D eigenvalue weighted by atomic mass is 9.91. The first-order valence-corrected chi connectivity index (χ1v) is 7.04. The van der Waals surface area contributed by atoms with Crippen LogP contribution >= 0.6 is 11.6 Å². The molecule has 2 unspecified atom stereocenters. The molecule has 1 aromatic rings. The molecule has 0 aliphatic carbocycles. The molecule has 0 radical (unpaired) electrons. The van der Waals surface area contributed by atoms with E-state index in [1.165, 1.54) is 23.1 Å². The second kappa shape index (κ2) is 6.30. The number of urea groups is 1. The topological polar surface area (TPSA) is 69.6 Å². The van der Waals surface area contributed by atoms with Crippen molar-refractivity contribution in [2.45, 2.75) is 25.8 Å². The normalized spacial score (nSPS) is 22.0. The van der Waals surface area contributed by atoms with Crippen molar-refractivity contribution >= 4 is 29.3 Å². The number of halogens is 2. The summed E-state index contributed by atoms with van der Waals surface area (Å²) in [6.45, 7) is 2.10. The molecule has 2 atom stereocenters. The predicted molar refractivity (Wildman–Crippen MR) is 77.0 cm³/mol. The lowest BCUT2D eigenvalue weighted by Crippen LogP contribution is -2.53. The van der Waals surface area contributed by atoms with Crippen molar-refractivity contribution in [1.29, 1.82) is 0 Å². The number of carbonyl (C=O) groups is 2. The molecule has 7 heteroatoms. The van der Waals surface area contributed by atoms with Crippen LogP contribution < -0.4 is 5.32 Å². The Morgan fingerprint density at radius 1 is 1.48 bits per heavy atom. The Hall–Kier alpha value is -1.82. The number of hydrogen-bond acceptors (Lipinski definition) is 2. The number of benzene rings is 1. The Bertz CT molecular complexity index is 547. The second-order valence-electron chi connectivity index (χ2n) is 5.12. The average molecular weight is 315 g/mol.